The zero-order valence-corrected chi connectivity index (χ0v) is 21.3. The first-order chi connectivity index (χ1) is 15.0. The number of hydrogen-bond donors (Lipinski definition) is 2. The van der Waals surface area contributed by atoms with Crippen molar-refractivity contribution in [3.8, 4) is 0 Å². The van der Waals surface area contributed by atoms with Crippen LogP contribution in [0.2, 0.25) is 0 Å². The number of thioether (sulfide) groups is 1. The van der Waals surface area contributed by atoms with Crippen molar-refractivity contribution in [2.45, 2.75) is 64.4 Å². The van der Waals surface area contributed by atoms with E-state index in [0.29, 0.717) is 0 Å². The molecule has 31 heavy (non-hydrogen) atoms. The summed E-state index contributed by atoms with van der Waals surface area (Å²) in [6.07, 6.45) is 17.5. The average molecular weight is 466 g/mol. The maximum absolute atomic E-state index is 9.00. The van der Waals surface area contributed by atoms with Crippen LogP contribution in [0.15, 0.2) is 76.1 Å². The van der Waals surface area contributed by atoms with Crippen molar-refractivity contribution >= 4 is 23.4 Å². The Labute approximate surface area is 198 Å². The molecule has 0 aliphatic heterocycles. The van der Waals surface area contributed by atoms with Crippen molar-refractivity contribution < 1.29 is 5.11 Å². The van der Waals surface area contributed by atoms with Crippen LogP contribution in [0, 0.1) is 0 Å². The largest absolute Gasteiger partial charge is 0.393 e. The number of nitrogens with one attached hydrogen (secondary N) is 1. The molecule has 0 bridgehead atoms. The number of allylic oxidation sites excluding steroid dienone is 5. The summed E-state index contributed by atoms with van der Waals surface area (Å²) in [6.45, 7) is 10.2. The fraction of sp³-hybridized carbons (Fsp3) is 0.480. The fourth-order valence-electron chi connectivity index (χ4n) is 2.31. The normalized spacial score (nSPS) is 13.4. The molecule has 1 aromatic heterocycles. The molecule has 0 fully saturated rings. The molecule has 1 atom stereocenters. The molecule has 6 heteroatoms. The molecule has 0 spiro atoms. The molecular weight excluding hydrogens is 426 g/mol. The summed E-state index contributed by atoms with van der Waals surface area (Å²) >= 11 is 7.63. The highest BCUT2D eigenvalue weighted by atomic mass is 35.5. The summed E-state index contributed by atoms with van der Waals surface area (Å²) < 4.78 is 0. The fourth-order valence-corrected chi connectivity index (χ4v) is 3.31. The first kappa shape index (κ1) is 29.5. The van der Waals surface area contributed by atoms with Crippen LogP contribution in [-0.4, -0.2) is 46.2 Å². The van der Waals surface area contributed by atoms with E-state index in [0.717, 1.165) is 35.9 Å². The zero-order chi connectivity index (χ0) is 23.3. The third kappa shape index (κ3) is 17.8. The van der Waals surface area contributed by atoms with Gasteiger partial charge in [-0.1, -0.05) is 68.8 Å². The van der Waals surface area contributed by atoms with Gasteiger partial charge in [0.05, 0.1) is 12.4 Å². The lowest BCUT2D eigenvalue weighted by atomic mass is 10.2. The van der Waals surface area contributed by atoms with E-state index in [2.05, 4.69) is 34.9 Å². The van der Waals surface area contributed by atoms with Crippen LogP contribution in [0.4, 0.5) is 0 Å². The minimum Gasteiger partial charge on any atom is -0.393 e. The molecule has 1 aromatic rings. The summed E-state index contributed by atoms with van der Waals surface area (Å²) in [5, 5.41) is 9.78. The molecule has 1 aliphatic rings. The Morgan fingerprint density at radius 3 is 2.71 bits per heavy atom. The van der Waals surface area contributed by atoms with Crippen LogP contribution in [0.1, 0.15) is 53.4 Å². The van der Waals surface area contributed by atoms with Crippen molar-refractivity contribution in [1.29, 1.82) is 0 Å². The van der Waals surface area contributed by atoms with Gasteiger partial charge in [-0.25, -0.2) is 4.98 Å². The van der Waals surface area contributed by atoms with Gasteiger partial charge in [0.15, 0.2) is 0 Å². The van der Waals surface area contributed by atoms with Crippen LogP contribution < -0.4 is 0 Å². The molecule has 4 nitrogen and oxygen atoms in total. The molecular formula is C25H40ClN3OS. The number of unbranched alkanes of at least 4 members (excludes halogenated alkanes) is 1. The van der Waals surface area contributed by atoms with E-state index >= 15 is 0 Å². The van der Waals surface area contributed by atoms with Crippen LogP contribution >= 0.6 is 23.4 Å². The Morgan fingerprint density at radius 1 is 1.23 bits per heavy atom. The van der Waals surface area contributed by atoms with E-state index in [1.807, 2.05) is 69.6 Å². The van der Waals surface area contributed by atoms with Crippen molar-refractivity contribution in [2.75, 3.05) is 20.1 Å². The number of aromatic nitrogens is 2. The third-order valence-corrected chi connectivity index (χ3v) is 5.31. The third-order valence-electron chi connectivity index (χ3n) is 4.01. The molecule has 0 saturated carbocycles. The Morgan fingerprint density at radius 2 is 2.00 bits per heavy atom. The number of rotatable bonds is 8. The summed E-state index contributed by atoms with van der Waals surface area (Å²) in [4.78, 5) is 11.6. The quantitative estimate of drug-likeness (QED) is 0.429. The lowest BCUT2D eigenvalue weighted by molar-refractivity contribution is 0.164. The zero-order valence-electron chi connectivity index (χ0n) is 19.7. The van der Waals surface area contributed by atoms with E-state index in [4.69, 9.17) is 16.7 Å². The van der Waals surface area contributed by atoms with Gasteiger partial charge in [0.1, 0.15) is 0 Å². The van der Waals surface area contributed by atoms with Gasteiger partial charge in [0, 0.05) is 33.8 Å². The molecule has 0 aromatic carbocycles. The number of aromatic amines is 1. The van der Waals surface area contributed by atoms with E-state index in [9.17, 15) is 0 Å². The Hall–Kier alpha value is -1.53. The monoisotopic (exact) mass is 465 g/mol. The summed E-state index contributed by atoms with van der Waals surface area (Å²) in [5.41, 5.74) is 0. The second-order valence-electron chi connectivity index (χ2n) is 6.86. The van der Waals surface area contributed by atoms with Gasteiger partial charge in [0.2, 0.25) is 0 Å². The molecule has 1 heterocycles. The molecule has 2 rings (SSSR count). The number of halogens is 1. The number of aliphatic hydroxyl groups excluding tert-OH is 1. The topological polar surface area (TPSA) is 52.1 Å². The van der Waals surface area contributed by atoms with E-state index in [-0.39, 0.29) is 6.10 Å². The van der Waals surface area contributed by atoms with Gasteiger partial charge in [-0.05, 0) is 64.1 Å². The first-order valence-electron chi connectivity index (χ1n) is 11.1. The Balaban J connectivity index is 0.000000599. The van der Waals surface area contributed by atoms with Crippen LogP contribution in [-0.2, 0) is 0 Å². The van der Waals surface area contributed by atoms with Gasteiger partial charge >= 0.3 is 0 Å². The maximum Gasteiger partial charge on any atom is 0.0918 e. The van der Waals surface area contributed by atoms with E-state index in [1.54, 1.807) is 18.1 Å². The second kappa shape index (κ2) is 20.4. The Bertz CT molecular complexity index is 688. The molecule has 0 saturated heterocycles. The number of nitrogens with zero attached hydrogens (tertiary/aromatic N) is 2. The summed E-state index contributed by atoms with van der Waals surface area (Å²) in [5.74, 6) is 0. The van der Waals surface area contributed by atoms with Gasteiger partial charge in [-0.3, -0.25) is 0 Å². The number of H-pyrrole nitrogens is 1. The lowest BCUT2D eigenvalue weighted by Crippen LogP contribution is -2.23. The summed E-state index contributed by atoms with van der Waals surface area (Å²) in [6, 6.07) is 5.94. The SMILES string of the molecule is CC.CCCCN(C)CCC(C)O.ClC1=CCC=C(Sc2cccc[nH]cnc2)C=C1. The highest BCUT2D eigenvalue weighted by Crippen LogP contribution is 2.28. The van der Waals surface area contributed by atoms with Crippen molar-refractivity contribution in [3.05, 3.63) is 71.2 Å². The van der Waals surface area contributed by atoms with Crippen LogP contribution in [0.25, 0.3) is 0 Å². The van der Waals surface area contributed by atoms with E-state index in [1.165, 1.54) is 17.7 Å². The number of hydrogen-bond acceptors (Lipinski definition) is 4. The molecule has 1 aliphatic carbocycles. The van der Waals surface area contributed by atoms with Gasteiger partial charge in [-0.2, -0.15) is 0 Å². The van der Waals surface area contributed by atoms with Gasteiger partial charge in [-0.15, -0.1) is 0 Å². The molecule has 1 unspecified atom stereocenters. The molecule has 0 radical (unpaired) electrons. The summed E-state index contributed by atoms with van der Waals surface area (Å²) in [7, 11) is 2.11. The molecule has 0 amide bonds. The minimum atomic E-state index is -0.154. The van der Waals surface area contributed by atoms with Crippen LogP contribution in [0.5, 0.6) is 0 Å². The predicted octanol–water partition coefficient (Wildman–Crippen LogP) is 7.11. The van der Waals surface area contributed by atoms with Gasteiger partial charge in [0.25, 0.3) is 0 Å². The molecule has 174 valence electrons. The van der Waals surface area contributed by atoms with Crippen molar-refractivity contribution in [2.24, 2.45) is 0 Å². The van der Waals surface area contributed by atoms with Crippen molar-refractivity contribution in [1.82, 2.24) is 14.9 Å². The van der Waals surface area contributed by atoms with Crippen LogP contribution in [0.3, 0.4) is 0 Å². The van der Waals surface area contributed by atoms with Gasteiger partial charge < -0.3 is 15.0 Å². The first-order valence-corrected chi connectivity index (χ1v) is 12.3. The minimum absolute atomic E-state index is 0.154. The Kier molecular flexibility index (Phi) is 19.4. The highest BCUT2D eigenvalue weighted by molar-refractivity contribution is 8.03. The number of aliphatic hydroxyl groups is 1. The highest BCUT2D eigenvalue weighted by Gasteiger charge is 2.00. The standard InChI is InChI=1S/C14H13ClN2S.C9H21NO.C2H6/c15-12-4-3-6-13(8-7-12)18-14-5-1-2-9-16-11-17-10-14;1-4-5-7-10(3)8-6-9(2)11;1-2/h1-2,4-11H,3H2,(H,16,17);9,11H,4-8H2,1-3H3;1-2H3. The lowest BCUT2D eigenvalue weighted by Gasteiger charge is -2.16. The van der Waals surface area contributed by atoms with Crippen molar-refractivity contribution in [3.63, 3.8) is 0 Å². The molecule has 2 N–H and O–H groups in total. The average Bonchev–Trinajstić information content (AvgIpc) is 2.88. The second-order valence-corrected chi connectivity index (χ2v) is 8.44. The predicted molar refractivity (Wildman–Crippen MR) is 138 cm³/mol. The van der Waals surface area contributed by atoms with E-state index < -0.39 is 0 Å². The smallest absolute Gasteiger partial charge is 0.0918 e. The maximum atomic E-state index is 9.00.